The number of esters is 1. The molecule has 5 heteroatoms. The number of nitrogens with one attached hydrogen (secondary N) is 1. The quantitative estimate of drug-likeness (QED) is 0.603. The largest absolute Gasteiger partial charge is 0.463 e. The van der Waals surface area contributed by atoms with E-state index < -0.39 is 11.7 Å². The minimum absolute atomic E-state index is 0.260. The average Bonchev–Trinajstić information content (AvgIpc) is 2.25. The molecule has 0 aromatic heterocycles. The summed E-state index contributed by atoms with van der Waals surface area (Å²) in [6.45, 7) is 13.3. The highest BCUT2D eigenvalue weighted by atomic mass is 16.6. The fraction of sp³-hybridized carbons (Fsp3) is 0.750. The molecule has 0 fully saturated rings. The van der Waals surface area contributed by atoms with E-state index in [1.165, 1.54) is 0 Å². The van der Waals surface area contributed by atoms with Crippen molar-refractivity contribution in [2.75, 3.05) is 6.61 Å². The summed E-state index contributed by atoms with van der Waals surface area (Å²) in [6.07, 6.45) is 1.96. The number of carbonyl (C=O) groups excluding carboxylic acids is 2. The van der Waals surface area contributed by atoms with Gasteiger partial charge in [-0.25, -0.2) is 9.59 Å². The van der Waals surface area contributed by atoms with Crippen LogP contribution in [0, 0.1) is 5.92 Å². The summed E-state index contributed by atoms with van der Waals surface area (Å²) >= 11 is 0. The summed E-state index contributed by atoms with van der Waals surface area (Å²) in [5.74, 6) is 0.00780. The van der Waals surface area contributed by atoms with Gasteiger partial charge in [-0.15, -0.1) is 0 Å². The Bertz CT molecular complexity index is 380. The van der Waals surface area contributed by atoms with Gasteiger partial charge < -0.3 is 14.8 Å². The van der Waals surface area contributed by atoms with E-state index in [2.05, 4.69) is 19.2 Å². The van der Waals surface area contributed by atoms with Crippen molar-refractivity contribution in [3.05, 3.63) is 11.6 Å². The van der Waals surface area contributed by atoms with Gasteiger partial charge in [0.15, 0.2) is 0 Å². The Morgan fingerprint density at radius 2 is 1.81 bits per heavy atom. The standard InChI is InChI=1S/C16H29NO4/c1-8-20-14(18)12(4)10-13(9-11(2)3)17-15(19)21-16(5,6)7/h10-11,13H,8-9H2,1-7H3,(H,17,19)/b12-10+/t13-/m0/s1. The zero-order valence-corrected chi connectivity index (χ0v) is 14.3. The molecule has 0 aliphatic carbocycles. The van der Waals surface area contributed by atoms with Crippen LogP contribution in [0.25, 0.3) is 0 Å². The van der Waals surface area contributed by atoms with Gasteiger partial charge in [-0.05, 0) is 47.0 Å². The van der Waals surface area contributed by atoms with Gasteiger partial charge in [0.2, 0.25) is 0 Å². The van der Waals surface area contributed by atoms with Crippen molar-refractivity contribution in [2.24, 2.45) is 5.92 Å². The zero-order chi connectivity index (χ0) is 16.6. The third kappa shape index (κ3) is 9.93. The Morgan fingerprint density at radius 1 is 1.24 bits per heavy atom. The molecule has 0 bridgehead atoms. The molecule has 0 aromatic carbocycles. The van der Waals surface area contributed by atoms with Crippen molar-refractivity contribution in [1.82, 2.24) is 5.32 Å². The maximum Gasteiger partial charge on any atom is 0.408 e. The second-order valence-electron chi connectivity index (χ2n) is 6.45. The molecule has 21 heavy (non-hydrogen) atoms. The first kappa shape index (κ1) is 19.5. The molecule has 0 saturated heterocycles. The molecule has 1 N–H and O–H groups in total. The molecule has 5 nitrogen and oxygen atoms in total. The monoisotopic (exact) mass is 299 g/mol. The number of hydrogen-bond acceptors (Lipinski definition) is 4. The topological polar surface area (TPSA) is 64.6 Å². The maximum atomic E-state index is 11.8. The Balaban J connectivity index is 4.84. The molecule has 0 heterocycles. The van der Waals surface area contributed by atoms with Crippen molar-refractivity contribution < 1.29 is 19.1 Å². The Hall–Kier alpha value is -1.52. The maximum absolute atomic E-state index is 11.8. The summed E-state index contributed by atoms with van der Waals surface area (Å²) in [7, 11) is 0. The fourth-order valence-corrected chi connectivity index (χ4v) is 1.75. The van der Waals surface area contributed by atoms with Crippen LogP contribution in [0.3, 0.4) is 0 Å². The third-order valence-corrected chi connectivity index (χ3v) is 2.48. The van der Waals surface area contributed by atoms with E-state index >= 15 is 0 Å². The fourth-order valence-electron chi connectivity index (χ4n) is 1.75. The van der Waals surface area contributed by atoms with Gasteiger partial charge in [0, 0.05) is 5.57 Å². The number of amides is 1. The highest BCUT2D eigenvalue weighted by molar-refractivity contribution is 5.88. The summed E-state index contributed by atoms with van der Waals surface area (Å²) in [5, 5.41) is 2.79. The van der Waals surface area contributed by atoms with Gasteiger partial charge in [0.25, 0.3) is 0 Å². The second-order valence-corrected chi connectivity index (χ2v) is 6.45. The summed E-state index contributed by atoms with van der Waals surface area (Å²) < 4.78 is 10.2. The van der Waals surface area contributed by atoms with Gasteiger partial charge in [-0.3, -0.25) is 0 Å². The summed E-state index contributed by atoms with van der Waals surface area (Å²) in [6, 6.07) is -0.260. The van der Waals surface area contributed by atoms with E-state index in [4.69, 9.17) is 9.47 Å². The lowest BCUT2D eigenvalue weighted by molar-refractivity contribution is -0.138. The summed E-state index contributed by atoms with van der Waals surface area (Å²) in [4.78, 5) is 23.5. The third-order valence-electron chi connectivity index (χ3n) is 2.48. The number of rotatable bonds is 6. The van der Waals surface area contributed by atoms with Gasteiger partial charge in [-0.2, -0.15) is 0 Å². The van der Waals surface area contributed by atoms with Crippen molar-refractivity contribution >= 4 is 12.1 Å². The number of alkyl carbamates (subject to hydrolysis) is 1. The molecule has 0 aliphatic heterocycles. The average molecular weight is 299 g/mol. The van der Waals surface area contributed by atoms with Gasteiger partial charge in [0.05, 0.1) is 12.6 Å². The molecular formula is C16H29NO4. The number of hydrogen-bond donors (Lipinski definition) is 1. The SMILES string of the molecule is CCOC(=O)/C(C)=C/[C@H](CC(C)C)NC(=O)OC(C)(C)C. The Morgan fingerprint density at radius 3 is 2.24 bits per heavy atom. The van der Waals surface area contributed by atoms with Crippen LogP contribution < -0.4 is 5.32 Å². The van der Waals surface area contributed by atoms with E-state index in [1.54, 1.807) is 19.9 Å². The van der Waals surface area contributed by atoms with Crippen molar-refractivity contribution in [2.45, 2.75) is 66.5 Å². The van der Waals surface area contributed by atoms with Crippen LogP contribution in [-0.2, 0) is 14.3 Å². The van der Waals surface area contributed by atoms with Crippen molar-refractivity contribution in [3.63, 3.8) is 0 Å². The lowest BCUT2D eigenvalue weighted by Gasteiger charge is -2.23. The molecule has 0 aromatic rings. The highest BCUT2D eigenvalue weighted by Crippen LogP contribution is 2.12. The predicted molar refractivity (Wildman–Crippen MR) is 83.0 cm³/mol. The minimum atomic E-state index is -0.549. The molecular weight excluding hydrogens is 270 g/mol. The number of carbonyl (C=O) groups is 2. The second kappa shape index (κ2) is 8.70. The van der Waals surface area contributed by atoms with Crippen LogP contribution in [0.15, 0.2) is 11.6 Å². The van der Waals surface area contributed by atoms with Gasteiger partial charge >= 0.3 is 12.1 Å². The first-order valence-electron chi connectivity index (χ1n) is 7.40. The van der Waals surface area contributed by atoms with Crippen LogP contribution in [0.5, 0.6) is 0 Å². The molecule has 122 valence electrons. The Labute approximate surface area is 128 Å². The van der Waals surface area contributed by atoms with Crippen LogP contribution >= 0.6 is 0 Å². The first-order valence-corrected chi connectivity index (χ1v) is 7.40. The van der Waals surface area contributed by atoms with Crippen LogP contribution in [-0.4, -0.2) is 30.3 Å². The van der Waals surface area contributed by atoms with Crippen molar-refractivity contribution in [3.8, 4) is 0 Å². The highest BCUT2D eigenvalue weighted by Gasteiger charge is 2.20. The van der Waals surface area contributed by atoms with Gasteiger partial charge in [0.1, 0.15) is 5.60 Å². The van der Waals surface area contributed by atoms with Crippen LogP contribution in [0.2, 0.25) is 0 Å². The molecule has 0 unspecified atom stereocenters. The van der Waals surface area contributed by atoms with E-state index in [9.17, 15) is 9.59 Å². The van der Waals surface area contributed by atoms with Crippen LogP contribution in [0.1, 0.15) is 54.9 Å². The lowest BCUT2D eigenvalue weighted by atomic mass is 10.0. The minimum Gasteiger partial charge on any atom is -0.463 e. The molecule has 0 saturated carbocycles. The van der Waals surface area contributed by atoms with E-state index in [1.807, 2.05) is 20.8 Å². The Kier molecular flexibility index (Phi) is 8.07. The van der Waals surface area contributed by atoms with E-state index in [0.717, 1.165) is 6.42 Å². The van der Waals surface area contributed by atoms with E-state index in [-0.39, 0.29) is 12.0 Å². The lowest BCUT2D eigenvalue weighted by Crippen LogP contribution is -2.39. The van der Waals surface area contributed by atoms with Crippen LogP contribution in [0.4, 0.5) is 4.79 Å². The predicted octanol–water partition coefficient (Wildman–Crippen LogP) is 3.44. The molecule has 1 atom stereocenters. The molecule has 0 spiro atoms. The van der Waals surface area contributed by atoms with E-state index in [0.29, 0.717) is 18.1 Å². The van der Waals surface area contributed by atoms with Crippen molar-refractivity contribution in [1.29, 1.82) is 0 Å². The molecule has 0 aliphatic rings. The first-order chi connectivity index (χ1) is 9.55. The normalized spacial score (nSPS) is 13.8. The molecule has 0 rings (SSSR count). The molecule has 0 radical (unpaired) electrons. The summed E-state index contributed by atoms with van der Waals surface area (Å²) in [5.41, 5.74) is -0.0645. The smallest absolute Gasteiger partial charge is 0.408 e. The van der Waals surface area contributed by atoms with Gasteiger partial charge in [-0.1, -0.05) is 19.9 Å². The zero-order valence-electron chi connectivity index (χ0n) is 14.3. The molecule has 1 amide bonds. The number of ether oxygens (including phenoxy) is 2.